The Kier molecular flexibility index (Phi) is 5.71. The van der Waals surface area contributed by atoms with Crippen molar-refractivity contribution in [2.75, 3.05) is 0 Å². The zero-order valence-electron chi connectivity index (χ0n) is 15.0. The zero-order valence-corrected chi connectivity index (χ0v) is 15.8. The van der Waals surface area contributed by atoms with Crippen LogP contribution in [0.1, 0.15) is 25.5 Å². The van der Waals surface area contributed by atoms with Crippen molar-refractivity contribution in [3.63, 3.8) is 0 Å². The van der Waals surface area contributed by atoms with Crippen LogP contribution in [0.5, 0.6) is 0 Å². The molecule has 0 spiro atoms. The fourth-order valence-electron chi connectivity index (χ4n) is 2.80. The third kappa shape index (κ3) is 4.25. The molecular formula is C19H20ClN5O2. The van der Waals surface area contributed by atoms with Crippen molar-refractivity contribution in [3.05, 3.63) is 75.7 Å². The standard InChI is InChI=1S/C19H20ClN5O2/c1-13(2)18(14-8-4-3-5-9-14)21-17(26)12-24-19(27)25(23-22-24)16-11-7-6-10-15(16)20/h3-11,13,18H,12H2,1-2H3,(H,21,26). The van der Waals surface area contributed by atoms with Crippen LogP contribution in [-0.2, 0) is 11.3 Å². The number of benzene rings is 2. The van der Waals surface area contributed by atoms with Gasteiger partial charge in [-0.3, -0.25) is 4.79 Å². The van der Waals surface area contributed by atoms with Crippen LogP contribution in [0.3, 0.4) is 0 Å². The number of hydrogen-bond donors (Lipinski definition) is 1. The van der Waals surface area contributed by atoms with Gasteiger partial charge in [0.1, 0.15) is 6.54 Å². The number of rotatable bonds is 6. The summed E-state index contributed by atoms with van der Waals surface area (Å²) >= 11 is 6.10. The van der Waals surface area contributed by atoms with E-state index in [9.17, 15) is 9.59 Å². The summed E-state index contributed by atoms with van der Waals surface area (Å²) < 4.78 is 2.09. The summed E-state index contributed by atoms with van der Waals surface area (Å²) in [5, 5.41) is 11.0. The number of amides is 1. The Morgan fingerprint density at radius 3 is 2.41 bits per heavy atom. The fraction of sp³-hybridized carbons (Fsp3) is 0.263. The minimum Gasteiger partial charge on any atom is -0.347 e. The van der Waals surface area contributed by atoms with E-state index in [0.29, 0.717) is 10.7 Å². The van der Waals surface area contributed by atoms with Crippen LogP contribution in [-0.4, -0.2) is 25.7 Å². The lowest BCUT2D eigenvalue weighted by atomic mass is 9.96. The van der Waals surface area contributed by atoms with Gasteiger partial charge in [0.25, 0.3) is 0 Å². The van der Waals surface area contributed by atoms with Gasteiger partial charge in [0.2, 0.25) is 5.91 Å². The summed E-state index contributed by atoms with van der Waals surface area (Å²) in [6.45, 7) is 3.83. The molecule has 1 amide bonds. The van der Waals surface area contributed by atoms with Gasteiger partial charge in [-0.1, -0.05) is 67.9 Å². The summed E-state index contributed by atoms with van der Waals surface area (Å²) in [5.41, 5.74) is 0.896. The molecule has 0 radical (unpaired) electrons. The molecule has 1 unspecified atom stereocenters. The van der Waals surface area contributed by atoms with Crippen LogP contribution in [0.15, 0.2) is 59.4 Å². The maximum Gasteiger partial charge on any atom is 0.369 e. The predicted molar refractivity (Wildman–Crippen MR) is 103 cm³/mol. The number of nitrogens with one attached hydrogen (secondary N) is 1. The number of hydrogen-bond acceptors (Lipinski definition) is 4. The lowest BCUT2D eigenvalue weighted by Crippen LogP contribution is -2.37. The molecule has 3 aromatic rings. The third-order valence-electron chi connectivity index (χ3n) is 4.16. The second-order valence-corrected chi connectivity index (χ2v) is 6.89. The van der Waals surface area contributed by atoms with Crippen molar-refractivity contribution < 1.29 is 4.79 Å². The average molecular weight is 386 g/mol. The van der Waals surface area contributed by atoms with E-state index in [2.05, 4.69) is 15.7 Å². The molecule has 1 heterocycles. The SMILES string of the molecule is CC(C)C(NC(=O)Cn1nnn(-c2ccccc2Cl)c1=O)c1ccccc1. The molecule has 27 heavy (non-hydrogen) atoms. The quantitative estimate of drug-likeness (QED) is 0.707. The summed E-state index contributed by atoms with van der Waals surface area (Å²) in [5.74, 6) is -0.127. The normalized spacial score (nSPS) is 12.1. The van der Waals surface area contributed by atoms with Crippen molar-refractivity contribution in [1.82, 2.24) is 25.1 Å². The molecule has 8 heteroatoms. The lowest BCUT2D eigenvalue weighted by molar-refractivity contribution is -0.123. The van der Waals surface area contributed by atoms with Crippen LogP contribution in [0.25, 0.3) is 5.69 Å². The van der Waals surface area contributed by atoms with Crippen molar-refractivity contribution in [1.29, 1.82) is 0 Å². The molecule has 1 atom stereocenters. The number of halogens is 1. The van der Waals surface area contributed by atoms with Crippen LogP contribution in [0.2, 0.25) is 5.02 Å². The van der Waals surface area contributed by atoms with Crippen LogP contribution in [0.4, 0.5) is 0 Å². The van der Waals surface area contributed by atoms with Gasteiger partial charge in [-0.2, -0.15) is 9.36 Å². The number of nitrogens with zero attached hydrogens (tertiary/aromatic N) is 4. The highest BCUT2D eigenvalue weighted by Crippen LogP contribution is 2.21. The predicted octanol–water partition coefficient (Wildman–Crippen LogP) is 2.60. The Morgan fingerprint density at radius 1 is 1.07 bits per heavy atom. The maximum absolute atomic E-state index is 12.5. The molecule has 0 aliphatic heterocycles. The molecule has 0 saturated carbocycles. The monoisotopic (exact) mass is 385 g/mol. The average Bonchev–Trinajstić information content (AvgIpc) is 3.01. The van der Waals surface area contributed by atoms with E-state index in [4.69, 9.17) is 11.6 Å². The summed E-state index contributed by atoms with van der Waals surface area (Å²) in [7, 11) is 0. The van der Waals surface area contributed by atoms with E-state index >= 15 is 0 Å². The zero-order chi connectivity index (χ0) is 19.4. The minimum atomic E-state index is -0.529. The van der Waals surface area contributed by atoms with Crippen LogP contribution >= 0.6 is 11.6 Å². The lowest BCUT2D eigenvalue weighted by Gasteiger charge is -2.22. The fourth-order valence-corrected chi connectivity index (χ4v) is 3.01. The molecular weight excluding hydrogens is 366 g/mol. The molecule has 140 valence electrons. The maximum atomic E-state index is 12.5. The molecule has 3 rings (SSSR count). The third-order valence-corrected chi connectivity index (χ3v) is 4.47. The van der Waals surface area contributed by atoms with Crippen LogP contribution < -0.4 is 11.0 Å². The largest absolute Gasteiger partial charge is 0.369 e. The van der Waals surface area contributed by atoms with Gasteiger partial charge >= 0.3 is 5.69 Å². The molecule has 0 saturated heterocycles. The Labute approximate surface area is 161 Å². The Morgan fingerprint density at radius 2 is 1.74 bits per heavy atom. The topological polar surface area (TPSA) is 81.8 Å². The first-order valence-corrected chi connectivity index (χ1v) is 8.97. The number of aromatic nitrogens is 4. The second-order valence-electron chi connectivity index (χ2n) is 6.48. The van der Waals surface area contributed by atoms with E-state index in [1.54, 1.807) is 24.3 Å². The van der Waals surface area contributed by atoms with Crippen molar-refractivity contribution in [2.45, 2.75) is 26.4 Å². The van der Waals surface area contributed by atoms with Gasteiger partial charge in [-0.25, -0.2) is 4.79 Å². The summed E-state index contributed by atoms with van der Waals surface area (Å²) in [4.78, 5) is 25.0. The second kappa shape index (κ2) is 8.18. The molecule has 2 aromatic carbocycles. The van der Waals surface area contributed by atoms with Gasteiger partial charge in [-0.15, -0.1) is 0 Å². The van der Waals surface area contributed by atoms with Crippen molar-refractivity contribution >= 4 is 17.5 Å². The van der Waals surface area contributed by atoms with Crippen LogP contribution in [0, 0.1) is 5.92 Å². The van der Waals surface area contributed by atoms with Crippen molar-refractivity contribution in [2.24, 2.45) is 5.92 Å². The molecule has 7 nitrogen and oxygen atoms in total. The molecule has 1 aromatic heterocycles. The first-order chi connectivity index (χ1) is 13.0. The summed E-state index contributed by atoms with van der Waals surface area (Å²) in [6.07, 6.45) is 0. The highest BCUT2D eigenvalue weighted by atomic mass is 35.5. The van der Waals surface area contributed by atoms with E-state index in [0.717, 1.165) is 14.9 Å². The summed E-state index contributed by atoms with van der Waals surface area (Å²) in [6, 6.07) is 16.4. The van der Waals surface area contributed by atoms with E-state index < -0.39 is 5.69 Å². The van der Waals surface area contributed by atoms with Crippen molar-refractivity contribution in [3.8, 4) is 5.69 Å². The van der Waals surface area contributed by atoms with E-state index in [1.807, 2.05) is 44.2 Å². The first-order valence-electron chi connectivity index (χ1n) is 8.59. The molecule has 0 fully saturated rings. The van der Waals surface area contributed by atoms with E-state index in [1.165, 1.54) is 0 Å². The number of para-hydroxylation sites is 1. The van der Waals surface area contributed by atoms with Gasteiger partial charge in [0.15, 0.2) is 0 Å². The number of tetrazole rings is 1. The molecule has 0 bridgehead atoms. The van der Waals surface area contributed by atoms with Gasteiger partial charge < -0.3 is 5.32 Å². The Bertz CT molecular complexity index is 981. The first kappa shape index (κ1) is 18.8. The highest BCUT2D eigenvalue weighted by Gasteiger charge is 2.20. The van der Waals surface area contributed by atoms with Gasteiger partial charge in [-0.05, 0) is 34.0 Å². The number of carbonyl (C=O) groups excluding carboxylic acids is 1. The van der Waals surface area contributed by atoms with Gasteiger partial charge in [0, 0.05) is 0 Å². The minimum absolute atomic E-state index is 0.159. The Hall–Kier alpha value is -2.93. The smallest absolute Gasteiger partial charge is 0.347 e. The molecule has 0 aliphatic carbocycles. The van der Waals surface area contributed by atoms with Gasteiger partial charge in [0.05, 0.1) is 16.8 Å². The molecule has 0 aliphatic rings. The highest BCUT2D eigenvalue weighted by molar-refractivity contribution is 6.32. The molecule has 1 N–H and O–H groups in total. The number of carbonyl (C=O) groups is 1. The van der Waals surface area contributed by atoms with E-state index in [-0.39, 0.29) is 24.4 Å². The Balaban J connectivity index is 1.77.